The summed E-state index contributed by atoms with van der Waals surface area (Å²) in [5, 5.41) is 5.01. The van der Waals surface area contributed by atoms with E-state index in [4.69, 9.17) is 19.9 Å². The lowest BCUT2D eigenvalue weighted by Crippen LogP contribution is -2.13. The minimum Gasteiger partial charge on any atom is -0.493 e. The summed E-state index contributed by atoms with van der Waals surface area (Å²) < 4.78 is 15.7. The van der Waals surface area contributed by atoms with Gasteiger partial charge in [0.2, 0.25) is 11.7 Å². The van der Waals surface area contributed by atoms with E-state index < -0.39 is 0 Å². The van der Waals surface area contributed by atoms with Crippen molar-refractivity contribution >= 4 is 40.0 Å². The number of hydrogen-bond acceptors (Lipinski definition) is 8. The van der Waals surface area contributed by atoms with Crippen LogP contribution in [0.3, 0.4) is 0 Å². The fraction of sp³-hybridized carbons (Fsp3) is 0.312. The first-order chi connectivity index (χ1) is 12.5. The summed E-state index contributed by atoms with van der Waals surface area (Å²) in [6.07, 6.45) is 0. The van der Waals surface area contributed by atoms with Crippen molar-refractivity contribution in [2.45, 2.75) is 5.75 Å². The number of nitrogens with zero attached hydrogens (tertiary/aromatic N) is 1. The van der Waals surface area contributed by atoms with Gasteiger partial charge >= 0.3 is 0 Å². The van der Waals surface area contributed by atoms with E-state index in [2.05, 4.69) is 10.3 Å². The van der Waals surface area contributed by atoms with Gasteiger partial charge in [-0.15, -0.1) is 23.1 Å². The van der Waals surface area contributed by atoms with Gasteiger partial charge in [0.15, 0.2) is 16.6 Å². The van der Waals surface area contributed by atoms with Gasteiger partial charge < -0.3 is 19.9 Å². The van der Waals surface area contributed by atoms with Gasteiger partial charge in [-0.1, -0.05) is 0 Å². The van der Waals surface area contributed by atoms with E-state index >= 15 is 0 Å². The summed E-state index contributed by atoms with van der Waals surface area (Å²) in [5.74, 6) is 1.23. The highest BCUT2D eigenvalue weighted by Gasteiger charge is 2.18. The first kappa shape index (κ1) is 19.9. The summed E-state index contributed by atoms with van der Waals surface area (Å²) >= 11 is 2.67. The Bertz CT molecular complexity index is 769. The summed E-state index contributed by atoms with van der Waals surface area (Å²) in [7, 11) is 4.46. The Morgan fingerprint density at radius 2 is 1.85 bits per heavy atom. The minimum atomic E-state index is -0.374. The maximum Gasteiger partial charge on any atom is 0.257 e. The Hall–Kier alpha value is -2.46. The molecule has 140 valence electrons. The largest absolute Gasteiger partial charge is 0.493 e. The van der Waals surface area contributed by atoms with Gasteiger partial charge in [-0.25, -0.2) is 4.98 Å². The van der Waals surface area contributed by atoms with Crippen LogP contribution in [0.1, 0.15) is 16.1 Å². The van der Waals surface area contributed by atoms with Crippen molar-refractivity contribution in [3.8, 4) is 17.2 Å². The molecule has 0 saturated carbocycles. The zero-order valence-electron chi connectivity index (χ0n) is 14.5. The Morgan fingerprint density at radius 3 is 2.38 bits per heavy atom. The van der Waals surface area contributed by atoms with Gasteiger partial charge in [-0.2, -0.15) is 0 Å². The van der Waals surface area contributed by atoms with Gasteiger partial charge in [0.1, 0.15) is 0 Å². The Kier molecular flexibility index (Phi) is 7.10. The molecule has 0 aliphatic rings. The third kappa shape index (κ3) is 5.02. The van der Waals surface area contributed by atoms with E-state index in [-0.39, 0.29) is 17.6 Å². The standard InChI is InChI=1S/C16H19N3O5S2/c1-22-11-4-9(5-12(23-2)14(11)24-3)15(21)19-16-18-10(7-26-16)6-25-8-13(17)20/h4-5,7H,6,8H2,1-3H3,(H2,17,20)(H,18,19,21). The van der Waals surface area contributed by atoms with E-state index in [0.29, 0.717) is 33.7 Å². The molecule has 0 fully saturated rings. The molecule has 8 nitrogen and oxygen atoms in total. The number of anilines is 1. The summed E-state index contributed by atoms with van der Waals surface area (Å²) in [6, 6.07) is 3.13. The van der Waals surface area contributed by atoms with Gasteiger partial charge in [0.25, 0.3) is 5.91 Å². The normalized spacial score (nSPS) is 10.3. The highest BCUT2D eigenvalue weighted by molar-refractivity contribution is 7.99. The molecule has 0 spiro atoms. The highest BCUT2D eigenvalue weighted by atomic mass is 32.2. The average molecular weight is 397 g/mol. The molecule has 2 aromatic rings. The molecule has 3 N–H and O–H groups in total. The molecular formula is C16H19N3O5S2. The number of aromatic nitrogens is 1. The van der Waals surface area contributed by atoms with Crippen LogP contribution in [0.2, 0.25) is 0 Å². The molecule has 10 heteroatoms. The Labute approximate surface area is 159 Å². The maximum atomic E-state index is 12.5. The van der Waals surface area contributed by atoms with Gasteiger partial charge in [-0.05, 0) is 12.1 Å². The van der Waals surface area contributed by atoms with Gasteiger partial charge in [0, 0.05) is 16.7 Å². The number of benzene rings is 1. The van der Waals surface area contributed by atoms with Crippen molar-refractivity contribution in [1.82, 2.24) is 4.98 Å². The second kappa shape index (κ2) is 9.30. The fourth-order valence-corrected chi connectivity index (χ4v) is 3.54. The van der Waals surface area contributed by atoms with Crippen molar-refractivity contribution in [3.05, 3.63) is 28.8 Å². The van der Waals surface area contributed by atoms with Crippen LogP contribution in [-0.2, 0) is 10.5 Å². The number of carbonyl (C=O) groups is 2. The van der Waals surface area contributed by atoms with E-state index in [9.17, 15) is 9.59 Å². The quantitative estimate of drug-likeness (QED) is 0.666. The first-order valence-electron chi connectivity index (χ1n) is 7.40. The lowest BCUT2D eigenvalue weighted by atomic mass is 10.1. The van der Waals surface area contributed by atoms with Crippen LogP contribution in [-0.4, -0.2) is 43.9 Å². The molecule has 0 atom stereocenters. The number of ether oxygens (including phenoxy) is 3. The predicted molar refractivity (Wildman–Crippen MR) is 102 cm³/mol. The number of primary amides is 1. The zero-order valence-corrected chi connectivity index (χ0v) is 16.2. The van der Waals surface area contributed by atoms with Gasteiger partial charge in [-0.3, -0.25) is 14.9 Å². The molecule has 1 aromatic heterocycles. The number of thioether (sulfide) groups is 1. The Morgan fingerprint density at radius 1 is 1.19 bits per heavy atom. The number of hydrogen-bond donors (Lipinski definition) is 2. The van der Waals surface area contributed by atoms with E-state index in [1.807, 2.05) is 5.38 Å². The van der Waals surface area contributed by atoms with Crippen molar-refractivity contribution in [3.63, 3.8) is 0 Å². The van der Waals surface area contributed by atoms with E-state index in [1.54, 1.807) is 12.1 Å². The number of nitrogens with one attached hydrogen (secondary N) is 1. The van der Waals surface area contributed by atoms with Crippen molar-refractivity contribution in [1.29, 1.82) is 0 Å². The summed E-state index contributed by atoms with van der Waals surface area (Å²) in [5.41, 5.74) is 6.21. The summed E-state index contributed by atoms with van der Waals surface area (Å²) in [4.78, 5) is 27.6. The van der Waals surface area contributed by atoms with Crippen LogP contribution in [0, 0.1) is 0 Å². The SMILES string of the molecule is COc1cc(C(=O)Nc2nc(CSCC(N)=O)cs2)cc(OC)c1OC. The topological polar surface area (TPSA) is 113 Å². The minimum absolute atomic E-state index is 0.227. The molecule has 1 heterocycles. The molecule has 2 amide bonds. The van der Waals surface area contributed by atoms with E-state index in [1.165, 1.54) is 44.4 Å². The van der Waals surface area contributed by atoms with Crippen LogP contribution in [0.15, 0.2) is 17.5 Å². The Balaban J connectivity index is 2.10. The molecule has 0 aliphatic heterocycles. The van der Waals surface area contributed by atoms with Crippen molar-refractivity contribution in [2.75, 3.05) is 32.4 Å². The number of amides is 2. The summed E-state index contributed by atoms with van der Waals surface area (Å²) in [6.45, 7) is 0. The first-order valence-corrected chi connectivity index (χ1v) is 9.43. The van der Waals surface area contributed by atoms with Crippen LogP contribution in [0.4, 0.5) is 5.13 Å². The molecule has 26 heavy (non-hydrogen) atoms. The predicted octanol–water partition coefficient (Wildman–Crippen LogP) is 2.14. The third-order valence-corrected chi connectivity index (χ3v) is 4.99. The van der Waals surface area contributed by atoms with E-state index in [0.717, 1.165) is 5.69 Å². The molecule has 0 aliphatic carbocycles. The fourth-order valence-electron chi connectivity index (χ4n) is 2.07. The second-order valence-electron chi connectivity index (χ2n) is 4.97. The number of nitrogens with two attached hydrogens (primary N) is 1. The van der Waals surface area contributed by atoms with Crippen LogP contribution in [0.5, 0.6) is 17.2 Å². The lowest BCUT2D eigenvalue weighted by molar-refractivity contribution is -0.115. The number of rotatable bonds is 9. The third-order valence-electron chi connectivity index (χ3n) is 3.19. The lowest BCUT2D eigenvalue weighted by Gasteiger charge is -2.13. The van der Waals surface area contributed by atoms with Crippen LogP contribution in [0.25, 0.3) is 0 Å². The molecule has 0 unspecified atom stereocenters. The molecule has 0 saturated heterocycles. The van der Waals surface area contributed by atoms with Crippen molar-refractivity contribution < 1.29 is 23.8 Å². The smallest absolute Gasteiger partial charge is 0.257 e. The van der Waals surface area contributed by atoms with Crippen LogP contribution >= 0.6 is 23.1 Å². The number of methoxy groups -OCH3 is 3. The monoisotopic (exact) mass is 397 g/mol. The number of thiazole rings is 1. The molecule has 2 rings (SSSR count). The second-order valence-corrected chi connectivity index (χ2v) is 6.81. The van der Waals surface area contributed by atoms with Crippen molar-refractivity contribution in [2.24, 2.45) is 5.73 Å². The molecular weight excluding hydrogens is 378 g/mol. The molecule has 0 radical (unpaired) electrons. The molecule has 0 bridgehead atoms. The average Bonchev–Trinajstić information content (AvgIpc) is 3.07. The number of carbonyl (C=O) groups excluding carboxylic acids is 2. The van der Waals surface area contributed by atoms with Gasteiger partial charge in [0.05, 0.1) is 32.8 Å². The van der Waals surface area contributed by atoms with Crippen LogP contribution < -0.4 is 25.3 Å². The molecule has 1 aromatic carbocycles. The zero-order chi connectivity index (χ0) is 19.1. The maximum absolute atomic E-state index is 12.5. The highest BCUT2D eigenvalue weighted by Crippen LogP contribution is 2.38.